The fourth-order valence-electron chi connectivity index (χ4n) is 2.57. The molecule has 0 saturated carbocycles. The molecule has 1 saturated heterocycles. The maximum Gasteiger partial charge on any atom is 0.311 e. The lowest BCUT2D eigenvalue weighted by molar-refractivity contribution is -0.385. The Hall–Kier alpha value is -2.15. The molecule has 0 bridgehead atoms. The van der Waals surface area contributed by atoms with Gasteiger partial charge in [0.15, 0.2) is 5.75 Å². The Bertz CT molecular complexity index is 542. The number of benzene rings is 1. The maximum absolute atomic E-state index is 11.8. The van der Waals surface area contributed by atoms with Crippen molar-refractivity contribution >= 4 is 11.6 Å². The molecule has 0 radical (unpaired) electrons. The van der Waals surface area contributed by atoms with Crippen molar-refractivity contribution in [3.8, 4) is 5.75 Å². The summed E-state index contributed by atoms with van der Waals surface area (Å²) >= 11 is 0. The van der Waals surface area contributed by atoms with E-state index in [1.165, 1.54) is 13.2 Å². The van der Waals surface area contributed by atoms with E-state index in [0.29, 0.717) is 17.9 Å². The summed E-state index contributed by atoms with van der Waals surface area (Å²) in [6.45, 7) is 2.30. The highest BCUT2D eigenvalue weighted by Crippen LogP contribution is 2.27. The molecule has 1 unspecified atom stereocenters. The molecule has 1 fully saturated rings. The van der Waals surface area contributed by atoms with Crippen LogP contribution in [-0.4, -0.2) is 31.0 Å². The number of carbonyl (C=O) groups excluding carboxylic acids is 1. The van der Waals surface area contributed by atoms with E-state index in [2.05, 4.69) is 10.6 Å². The van der Waals surface area contributed by atoms with E-state index in [0.717, 1.165) is 25.9 Å². The number of nitrogens with zero attached hydrogens (tertiary/aromatic N) is 1. The minimum absolute atomic E-state index is 0.0228. The van der Waals surface area contributed by atoms with Crippen molar-refractivity contribution in [1.29, 1.82) is 0 Å². The van der Waals surface area contributed by atoms with Crippen LogP contribution in [0.5, 0.6) is 5.75 Å². The zero-order valence-electron chi connectivity index (χ0n) is 12.6. The van der Waals surface area contributed by atoms with E-state index in [1.54, 1.807) is 12.1 Å². The van der Waals surface area contributed by atoms with E-state index < -0.39 is 4.92 Å². The molecule has 1 aliphatic heterocycles. The van der Waals surface area contributed by atoms with Gasteiger partial charge in [-0.25, -0.2) is 0 Å². The predicted octanol–water partition coefficient (Wildman–Crippen LogP) is 1.61. The van der Waals surface area contributed by atoms with Crippen LogP contribution >= 0.6 is 0 Å². The van der Waals surface area contributed by atoms with Crippen molar-refractivity contribution in [2.24, 2.45) is 5.92 Å². The van der Waals surface area contributed by atoms with E-state index in [-0.39, 0.29) is 23.9 Å². The first kappa shape index (κ1) is 16.2. The summed E-state index contributed by atoms with van der Waals surface area (Å²) in [6, 6.07) is 4.69. The maximum atomic E-state index is 11.8. The molecule has 7 heteroatoms. The monoisotopic (exact) mass is 307 g/mol. The summed E-state index contributed by atoms with van der Waals surface area (Å²) in [7, 11) is 1.39. The molecule has 0 spiro atoms. The van der Waals surface area contributed by atoms with Gasteiger partial charge >= 0.3 is 5.69 Å². The Kier molecular flexibility index (Phi) is 5.71. The van der Waals surface area contributed by atoms with Crippen LogP contribution in [-0.2, 0) is 11.3 Å². The molecular weight excluding hydrogens is 286 g/mol. The number of methoxy groups -OCH3 is 1. The van der Waals surface area contributed by atoms with Crippen LogP contribution < -0.4 is 15.4 Å². The Morgan fingerprint density at radius 2 is 2.36 bits per heavy atom. The summed E-state index contributed by atoms with van der Waals surface area (Å²) < 4.78 is 4.95. The minimum atomic E-state index is -0.489. The van der Waals surface area contributed by atoms with Crippen molar-refractivity contribution in [2.45, 2.75) is 25.8 Å². The Labute approximate surface area is 129 Å². The van der Waals surface area contributed by atoms with Gasteiger partial charge in [-0.3, -0.25) is 14.9 Å². The van der Waals surface area contributed by atoms with Crippen molar-refractivity contribution < 1.29 is 14.5 Å². The largest absolute Gasteiger partial charge is 0.490 e. The number of nitrogens with one attached hydrogen (secondary N) is 2. The molecule has 22 heavy (non-hydrogen) atoms. The number of carbonyl (C=O) groups is 1. The third-order valence-corrected chi connectivity index (χ3v) is 3.87. The molecule has 1 amide bonds. The number of nitro benzene ring substituents is 1. The average Bonchev–Trinajstić information content (AvgIpc) is 3.04. The van der Waals surface area contributed by atoms with Crippen LogP contribution in [0.4, 0.5) is 5.69 Å². The second-order valence-electron chi connectivity index (χ2n) is 5.44. The van der Waals surface area contributed by atoms with Gasteiger partial charge in [0.25, 0.3) is 0 Å². The van der Waals surface area contributed by atoms with Crippen molar-refractivity contribution in [2.75, 3.05) is 20.2 Å². The average molecular weight is 307 g/mol. The third-order valence-electron chi connectivity index (χ3n) is 3.87. The first-order valence-corrected chi connectivity index (χ1v) is 7.39. The van der Waals surface area contributed by atoms with Gasteiger partial charge in [0.2, 0.25) is 5.91 Å². The molecule has 2 N–H and O–H groups in total. The highest BCUT2D eigenvalue weighted by Gasteiger charge is 2.17. The highest BCUT2D eigenvalue weighted by atomic mass is 16.6. The topological polar surface area (TPSA) is 93.5 Å². The number of rotatable bonds is 7. The van der Waals surface area contributed by atoms with Gasteiger partial charge in [-0.1, -0.05) is 6.07 Å². The van der Waals surface area contributed by atoms with Gasteiger partial charge < -0.3 is 15.4 Å². The van der Waals surface area contributed by atoms with Crippen LogP contribution in [0.2, 0.25) is 0 Å². The normalized spacial score (nSPS) is 17.2. The number of ether oxygens (including phenoxy) is 1. The fraction of sp³-hybridized carbons (Fsp3) is 0.533. The van der Waals surface area contributed by atoms with Crippen LogP contribution in [0.15, 0.2) is 18.2 Å². The zero-order chi connectivity index (χ0) is 15.9. The Morgan fingerprint density at radius 3 is 3.00 bits per heavy atom. The summed E-state index contributed by atoms with van der Waals surface area (Å²) in [5, 5.41) is 17.0. The van der Waals surface area contributed by atoms with E-state index in [4.69, 9.17) is 4.74 Å². The molecule has 1 atom stereocenters. The molecule has 2 rings (SSSR count). The summed E-state index contributed by atoms with van der Waals surface area (Å²) in [5.74, 6) is 0.770. The summed E-state index contributed by atoms with van der Waals surface area (Å²) in [6.07, 6.45) is 2.49. The molecule has 1 aliphatic rings. The van der Waals surface area contributed by atoms with Crippen molar-refractivity contribution in [1.82, 2.24) is 10.6 Å². The van der Waals surface area contributed by atoms with E-state index in [9.17, 15) is 14.9 Å². The molecule has 1 aromatic rings. The molecule has 7 nitrogen and oxygen atoms in total. The lowest BCUT2D eigenvalue weighted by Gasteiger charge is -2.09. The fourth-order valence-corrected chi connectivity index (χ4v) is 2.57. The molecule has 1 aromatic carbocycles. The number of hydrogen-bond donors (Lipinski definition) is 2. The number of hydrogen-bond acceptors (Lipinski definition) is 5. The lowest BCUT2D eigenvalue weighted by Crippen LogP contribution is -2.23. The second kappa shape index (κ2) is 7.74. The number of amides is 1. The lowest BCUT2D eigenvalue weighted by atomic mass is 10.0. The first-order chi connectivity index (χ1) is 10.6. The van der Waals surface area contributed by atoms with Crippen molar-refractivity contribution in [3.63, 3.8) is 0 Å². The number of nitro groups is 1. The minimum Gasteiger partial charge on any atom is -0.490 e. The van der Waals surface area contributed by atoms with Crippen LogP contribution in [0.1, 0.15) is 24.8 Å². The Balaban J connectivity index is 1.84. The first-order valence-electron chi connectivity index (χ1n) is 7.39. The van der Waals surface area contributed by atoms with Gasteiger partial charge in [-0.05, 0) is 43.5 Å². The van der Waals surface area contributed by atoms with Gasteiger partial charge in [-0.15, -0.1) is 0 Å². The quantitative estimate of drug-likeness (QED) is 0.589. The van der Waals surface area contributed by atoms with Crippen LogP contribution in [0.3, 0.4) is 0 Å². The van der Waals surface area contributed by atoms with Crippen LogP contribution in [0, 0.1) is 16.0 Å². The smallest absolute Gasteiger partial charge is 0.311 e. The Morgan fingerprint density at radius 1 is 1.55 bits per heavy atom. The van der Waals surface area contributed by atoms with Gasteiger partial charge in [0.05, 0.1) is 12.0 Å². The SMILES string of the molecule is COc1ccc(CNC(=O)CCC2CCNC2)cc1[N+](=O)[O-]. The summed E-state index contributed by atoms with van der Waals surface area (Å²) in [4.78, 5) is 22.3. The van der Waals surface area contributed by atoms with Gasteiger partial charge in [-0.2, -0.15) is 0 Å². The zero-order valence-corrected chi connectivity index (χ0v) is 12.6. The summed E-state index contributed by atoms with van der Waals surface area (Å²) in [5.41, 5.74) is 0.592. The van der Waals surface area contributed by atoms with E-state index in [1.807, 2.05) is 0 Å². The molecule has 120 valence electrons. The van der Waals surface area contributed by atoms with Crippen LogP contribution in [0.25, 0.3) is 0 Å². The van der Waals surface area contributed by atoms with Gasteiger partial charge in [0, 0.05) is 19.0 Å². The molecule has 0 aliphatic carbocycles. The predicted molar refractivity (Wildman–Crippen MR) is 81.7 cm³/mol. The third kappa shape index (κ3) is 4.42. The molecular formula is C15H21N3O4. The molecule has 1 heterocycles. The second-order valence-corrected chi connectivity index (χ2v) is 5.44. The highest BCUT2D eigenvalue weighted by molar-refractivity contribution is 5.75. The van der Waals surface area contributed by atoms with Gasteiger partial charge in [0.1, 0.15) is 0 Å². The molecule has 0 aromatic heterocycles. The van der Waals surface area contributed by atoms with E-state index >= 15 is 0 Å². The van der Waals surface area contributed by atoms with Crippen molar-refractivity contribution in [3.05, 3.63) is 33.9 Å². The standard InChI is InChI=1S/C15H21N3O4/c1-22-14-4-2-12(8-13(14)18(20)21)10-17-15(19)5-3-11-6-7-16-9-11/h2,4,8,11,16H,3,5-7,9-10H2,1H3,(H,17,19).